The van der Waals surface area contributed by atoms with E-state index in [4.69, 9.17) is 9.47 Å². The van der Waals surface area contributed by atoms with Gasteiger partial charge in [-0.05, 0) is 30.5 Å². The van der Waals surface area contributed by atoms with Crippen LogP contribution in [-0.2, 0) is 9.53 Å². The van der Waals surface area contributed by atoms with Crippen LogP contribution in [0.25, 0.3) is 0 Å². The molecule has 18 heavy (non-hydrogen) atoms. The molecular weight excluding hydrogens is 230 g/mol. The van der Waals surface area contributed by atoms with E-state index in [0.29, 0.717) is 6.54 Å². The van der Waals surface area contributed by atoms with E-state index in [1.54, 1.807) is 14.2 Å². The quantitative estimate of drug-likeness (QED) is 0.837. The van der Waals surface area contributed by atoms with Crippen molar-refractivity contribution in [3.63, 3.8) is 0 Å². The second-order valence-corrected chi connectivity index (χ2v) is 4.52. The van der Waals surface area contributed by atoms with Gasteiger partial charge in [0.15, 0.2) is 0 Å². The minimum Gasteiger partial charge on any atom is -0.497 e. The first-order valence-electron chi connectivity index (χ1n) is 6.19. The summed E-state index contributed by atoms with van der Waals surface area (Å²) in [6.45, 7) is 0.499. The number of carbonyl (C=O) groups is 1. The molecule has 4 nitrogen and oxygen atoms in total. The van der Waals surface area contributed by atoms with Crippen LogP contribution in [0.4, 0.5) is 0 Å². The maximum atomic E-state index is 11.6. The van der Waals surface area contributed by atoms with Gasteiger partial charge in [-0.15, -0.1) is 0 Å². The number of rotatable bonds is 6. The lowest BCUT2D eigenvalue weighted by atomic mass is 10.1. The van der Waals surface area contributed by atoms with Gasteiger partial charge in [0.25, 0.3) is 0 Å². The van der Waals surface area contributed by atoms with Crippen molar-refractivity contribution in [1.82, 2.24) is 5.32 Å². The monoisotopic (exact) mass is 249 g/mol. The van der Waals surface area contributed by atoms with Crippen LogP contribution in [0.5, 0.6) is 5.75 Å². The summed E-state index contributed by atoms with van der Waals surface area (Å²) in [6, 6.07) is 7.71. The number of methoxy groups -OCH3 is 2. The zero-order valence-corrected chi connectivity index (χ0v) is 10.8. The first kappa shape index (κ1) is 12.9. The first-order chi connectivity index (χ1) is 8.74. The second-order valence-electron chi connectivity index (χ2n) is 4.52. The van der Waals surface area contributed by atoms with Crippen molar-refractivity contribution in [3.05, 3.63) is 29.8 Å². The minimum absolute atomic E-state index is 0.136. The maximum Gasteiger partial charge on any atom is 0.223 e. The van der Waals surface area contributed by atoms with Gasteiger partial charge in [-0.2, -0.15) is 0 Å². The van der Waals surface area contributed by atoms with E-state index >= 15 is 0 Å². The minimum atomic E-state index is -0.136. The molecule has 4 heteroatoms. The average molecular weight is 249 g/mol. The van der Waals surface area contributed by atoms with Gasteiger partial charge in [0.05, 0.1) is 13.2 Å². The smallest absolute Gasteiger partial charge is 0.223 e. The largest absolute Gasteiger partial charge is 0.497 e. The van der Waals surface area contributed by atoms with Crippen molar-refractivity contribution >= 4 is 5.91 Å². The van der Waals surface area contributed by atoms with Crippen LogP contribution in [0.15, 0.2) is 24.3 Å². The topological polar surface area (TPSA) is 47.6 Å². The van der Waals surface area contributed by atoms with Crippen molar-refractivity contribution in [2.24, 2.45) is 5.92 Å². The maximum absolute atomic E-state index is 11.6. The lowest BCUT2D eigenvalue weighted by Gasteiger charge is -2.17. The Morgan fingerprint density at radius 3 is 2.83 bits per heavy atom. The summed E-state index contributed by atoms with van der Waals surface area (Å²) in [7, 11) is 3.28. The molecule has 1 N–H and O–H groups in total. The van der Waals surface area contributed by atoms with Crippen molar-refractivity contribution < 1.29 is 14.3 Å². The second kappa shape index (κ2) is 5.87. The van der Waals surface area contributed by atoms with Gasteiger partial charge in [0.1, 0.15) is 5.75 Å². The van der Waals surface area contributed by atoms with Gasteiger partial charge < -0.3 is 14.8 Å². The molecule has 0 aliphatic heterocycles. The molecule has 1 fully saturated rings. The molecule has 2 rings (SSSR count). The fourth-order valence-electron chi connectivity index (χ4n) is 1.86. The molecule has 0 unspecified atom stereocenters. The number of carbonyl (C=O) groups excluding carboxylic acids is 1. The summed E-state index contributed by atoms with van der Waals surface area (Å²) in [4.78, 5) is 11.6. The Labute approximate surface area is 107 Å². The van der Waals surface area contributed by atoms with Crippen LogP contribution in [0.1, 0.15) is 24.5 Å². The third kappa shape index (κ3) is 3.23. The molecule has 1 aliphatic rings. The Morgan fingerprint density at radius 2 is 2.22 bits per heavy atom. The van der Waals surface area contributed by atoms with E-state index < -0.39 is 0 Å². The molecule has 0 heterocycles. The molecule has 0 bridgehead atoms. The van der Waals surface area contributed by atoms with E-state index in [1.807, 2.05) is 24.3 Å². The lowest BCUT2D eigenvalue weighted by molar-refractivity contribution is -0.122. The number of hydrogen-bond donors (Lipinski definition) is 1. The van der Waals surface area contributed by atoms with E-state index in [1.165, 1.54) is 0 Å². The molecule has 1 amide bonds. The van der Waals surface area contributed by atoms with Gasteiger partial charge >= 0.3 is 0 Å². The van der Waals surface area contributed by atoms with Crippen molar-refractivity contribution in [1.29, 1.82) is 0 Å². The third-order valence-corrected chi connectivity index (χ3v) is 3.16. The Kier molecular flexibility index (Phi) is 4.20. The number of nitrogens with one attached hydrogen (secondary N) is 1. The van der Waals surface area contributed by atoms with Gasteiger partial charge in [-0.3, -0.25) is 4.79 Å². The molecule has 0 aromatic heterocycles. The number of hydrogen-bond acceptors (Lipinski definition) is 3. The molecule has 0 radical (unpaired) electrons. The zero-order valence-electron chi connectivity index (χ0n) is 10.8. The Balaban J connectivity index is 1.95. The molecule has 1 aromatic carbocycles. The SMILES string of the molecule is COc1cccc([C@H](CNC(=O)C2CC2)OC)c1. The fourth-order valence-corrected chi connectivity index (χ4v) is 1.86. The van der Waals surface area contributed by atoms with E-state index in [0.717, 1.165) is 24.2 Å². The van der Waals surface area contributed by atoms with Gasteiger partial charge in [-0.25, -0.2) is 0 Å². The van der Waals surface area contributed by atoms with Crippen LogP contribution >= 0.6 is 0 Å². The Bertz CT molecular complexity index is 415. The highest BCUT2D eigenvalue weighted by molar-refractivity contribution is 5.80. The number of ether oxygens (including phenoxy) is 2. The van der Waals surface area contributed by atoms with Crippen LogP contribution in [0, 0.1) is 5.92 Å². The lowest BCUT2D eigenvalue weighted by Crippen LogP contribution is -2.30. The molecule has 1 saturated carbocycles. The van der Waals surface area contributed by atoms with Crippen molar-refractivity contribution in [2.75, 3.05) is 20.8 Å². The normalized spacial score (nSPS) is 16.1. The zero-order chi connectivity index (χ0) is 13.0. The highest BCUT2D eigenvalue weighted by Crippen LogP contribution is 2.29. The van der Waals surface area contributed by atoms with Crippen LogP contribution in [0.2, 0.25) is 0 Å². The van der Waals surface area contributed by atoms with E-state index in [2.05, 4.69) is 5.32 Å². The Hall–Kier alpha value is -1.55. The third-order valence-electron chi connectivity index (χ3n) is 3.16. The predicted octanol–water partition coefficient (Wildman–Crippen LogP) is 1.91. The molecule has 0 spiro atoms. The highest BCUT2D eigenvalue weighted by Gasteiger charge is 2.29. The predicted molar refractivity (Wildman–Crippen MR) is 68.5 cm³/mol. The van der Waals surface area contributed by atoms with E-state index in [9.17, 15) is 4.79 Å². The summed E-state index contributed by atoms with van der Waals surface area (Å²) in [5, 5.41) is 2.93. The number of benzene rings is 1. The fraction of sp³-hybridized carbons (Fsp3) is 0.500. The molecular formula is C14H19NO3. The van der Waals surface area contributed by atoms with Crippen LogP contribution in [0.3, 0.4) is 0 Å². The summed E-state index contributed by atoms with van der Waals surface area (Å²) < 4.78 is 10.6. The van der Waals surface area contributed by atoms with Crippen LogP contribution in [-0.4, -0.2) is 26.7 Å². The van der Waals surface area contributed by atoms with Crippen LogP contribution < -0.4 is 10.1 Å². The average Bonchev–Trinajstić information content (AvgIpc) is 3.24. The highest BCUT2D eigenvalue weighted by atomic mass is 16.5. The molecule has 1 aliphatic carbocycles. The van der Waals surface area contributed by atoms with Crippen molar-refractivity contribution in [2.45, 2.75) is 18.9 Å². The van der Waals surface area contributed by atoms with Gasteiger partial charge in [0.2, 0.25) is 5.91 Å². The molecule has 1 aromatic rings. The van der Waals surface area contributed by atoms with Gasteiger partial charge in [0, 0.05) is 19.6 Å². The Morgan fingerprint density at radius 1 is 1.44 bits per heavy atom. The summed E-state index contributed by atoms with van der Waals surface area (Å²) in [6.07, 6.45) is 1.90. The summed E-state index contributed by atoms with van der Waals surface area (Å²) >= 11 is 0. The first-order valence-corrected chi connectivity index (χ1v) is 6.19. The molecule has 1 atom stereocenters. The molecule has 0 saturated heterocycles. The summed E-state index contributed by atoms with van der Waals surface area (Å²) in [5.74, 6) is 1.16. The standard InChI is InChI=1S/C14H19NO3/c1-17-12-5-3-4-11(8-12)13(18-2)9-15-14(16)10-6-7-10/h3-5,8,10,13H,6-7,9H2,1-2H3,(H,15,16)/t13-/m0/s1. The van der Waals surface area contributed by atoms with Gasteiger partial charge in [-0.1, -0.05) is 12.1 Å². The van der Waals surface area contributed by atoms with Crippen molar-refractivity contribution in [3.8, 4) is 5.75 Å². The van der Waals surface area contributed by atoms with E-state index in [-0.39, 0.29) is 17.9 Å². The number of amides is 1. The summed E-state index contributed by atoms with van der Waals surface area (Å²) in [5.41, 5.74) is 1.01. The molecule has 98 valence electrons.